The second-order valence-corrected chi connectivity index (χ2v) is 8.08. The Kier molecular flexibility index (Phi) is 5.26. The van der Waals surface area contributed by atoms with Gasteiger partial charge in [-0.25, -0.2) is 0 Å². The number of aliphatic hydroxyl groups excluding tert-OH is 1. The minimum absolute atomic E-state index is 0.0701. The summed E-state index contributed by atoms with van der Waals surface area (Å²) in [4.78, 5) is 44.4. The lowest BCUT2D eigenvalue weighted by atomic mass is 9.87. The molecule has 0 aromatic carbocycles. The highest BCUT2D eigenvalue weighted by Gasteiger charge is 2.57. The highest BCUT2D eigenvalue weighted by Crippen LogP contribution is 2.48. The Morgan fingerprint density at radius 1 is 1.31 bits per heavy atom. The maximum atomic E-state index is 13.3. The number of amides is 1. The fraction of sp³-hybridized carbons (Fsp3) is 0.400. The number of ether oxygens (including phenoxy) is 1. The van der Waals surface area contributed by atoms with Gasteiger partial charge < -0.3 is 19.3 Å². The molecule has 0 unspecified atom stereocenters. The third kappa shape index (κ3) is 3.18. The van der Waals surface area contributed by atoms with Gasteiger partial charge in [-0.3, -0.25) is 19.4 Å². The van der Waals surface area contributed by atoms with Gasteiger partial charge in [-0.15, -0.1) is 0 Å². The monoisotopic (exact) mass is 461 g/mol. The lowest BCUT2D eigenvalue weighted by Crippen LogP contribution is -2.49. The van der Waals surface area contributed by atoms with Crippen molar-refractivity contribution in [3.8, 4) is 0 Å². The highest BCUT2D eigenvalue weighted by atomic mass is 79.9. The number of methoxy groups -OCH3 is 1. The van der Waals surface area contributed by atoms with Crippen LogP contribution < -0.4 is 5.56 Å². The summed E-state index contributed by atoms with van der Waals surface area (Å²) in [5, 5.41) is 10.1. The normalized spacial score (nSPS) is 24.9. The zero-order valence-electron chi connectivity index (χ0n) is 15.7. The number of aromatic nitrogens is 2. The lowest BCUT2D eigenvalue weighted by Gasteiger charge is -2.38. The quantitative estimate of drug-likeness (QED) is 0.679. The third-order valence-corrected chi connectivity index (χ3v) is 6.42. The number of halogens is 1. The predicted molar refractivity (Wildman–Crippen MR) is 106 cm³/mol. The van der Waals surface area contributed by atoms with Crippen molar-refractivity contribution in [3.63, 3.8) is 0 Å². The van der Waals surface area contributed by atoms with E-state index in [1.807, 2.05) is 0 Å². The van der Waals surface area contributed by atoms with Crippen LogP contribution in [-0.4, -0.2) is 51.2 Å². The van der Waals surface area contributed by atoms with Crippen LogP contribution in [0.5, 0.6) is 0 Å². The molecule has 9 heteroatoms. The number of rotatable bonds is 4. The number of hydrogen-bond acceptors (Lipinski definition) is 6. The molecule has 0 radical (unpaired) electrons. The molecule has 1 fully saturated rings. The van der Waals surface area contributed by atoms with E-state index in [9.17, 15) is 19.5 Å². The summed E-state index contributed by atoms with van der Waals surface area (Å²) in [5.74, 6) is -1.99. The van der Waals surface area contributed by atoms with Crippen LogP contribution in [0.3, 0.4) is 0 Å². The Labute approximate surface area is 175 Å². The fourth-order valence-electron chi connectivity index (χ4n) is 4.57. The van der Waals surface area contributed by atoms with Crippen molar-refractivity contribution in [2.75, 3.05) is 13.7 Å². The average Bonchev–Trinajstić information content (AvgIpc) is 2.98. The summed E-state index contributed by atoms with van der Waals surface area (Å²) >= 11 is 3.25. The van der Waals surface area contributed by atoms with Crippen LogP contribution in [0.15, 0.2) is 45.8 Å². The number of nitrogens with zero attached hydrogens (tertiary/aromatic N) is 3. The molecular weight excluding hydrogens is 442 g/mol. The second-order valence-electron chi connectivity index (χ2n) is 7.23. The number of esters is 1. The molecule has 4 rings (SSSR count). The van der Waals surface area contributed by atoms with Gasteiger partial charge in [0, 0.05) is 36.7 Å². The maximum Gasteiger partial charge on any atom is 0.311 e. The van der Waals surface area contributed by atoms with Gasteiger partial charge in [-0.2, -0.15) is 0 Å². The van der Waals surface area contributed by atoms with Gasteiger partial charge in [0.25, 0.3) is 5.56 Å². The van der Waals surface area contributed by atoms with E-state index in [1.165, 1.54) is 7.11 Å². The molecule has 0 saturated carbocycles. The van der Waals surface area contributed by atoms with Crippen molar-refractivity contribution >= 4 is 27.8 Å². The first-order chi connectivity index (χ1) is 14.0. The van der Waals surface area contributed by atoms with Crippen LogP contribution in [0.1, 0.15) is 17.4 Å². The van der Waals surface area contributed by atoms with Gasteiger partial charge in [0.1, 0.15) is 0 Å². The Hall–Kier alpha value is -2.52. The molecule has 2 aromatic heterocycles. The van der Waals surface area contributed by atoms with Gasteiger partial charge >= 0.3 is 5.97 Å². The summed E-state index contributed by atoms with van der Waals surface area (Å²) in [5.41, 5.74) is 0.956. The predicted octanol–water partition coefficient (Wildman–Crippen LogP) is 0.912. The summed E-state index contributed by atoms with van der Waals surface area (Å²) in [6.07, 6.45) is 1.69. The zero-order valence-corrected chi connectivity index (χ0v) is 17.3. The van der Waals surface area contributed by atoms with Crippen LogP contribution in [0, 0.1) is 11.8 Å². The first kappa shape index (κ1) is 19.8. The van der Waals surface area contributed by atoms with E-state index in [2.05, 4.69) is 20.9 Å². The van der Waals surface area contributed by atoms with E-state index in [1.54, 1.807) is 46.0 Å². The van der Waals surface area contributed by atoms with E-state index in [0.29, 0.717) is 15.9 Å². The summed E-state index contributed by atoms with van der Waals surface area (Å²) in [6.45, 7) is -0.0883. The molecule has 4 heterocycles. The largest absolute Gasteiger partial charge is 0.469 e. The van der Waals surface area contributed by atoms with Crippen molar-refractivity contribution in [1.29, 1.82) is 0 Å². The minimum atomic E-state index is -0.753. The molecule has 1 amide bonds. The van der Waals surface area contributed by atoms with E-state index in [0.717, 1.165) is 0 Å². The van der Waals surface area contributed by atoms with Crippen LogP contribution in [0.25, 0.3) is 0 Å². The smallest absolute Gasteiger partial charge is 0.311 e. The summed E-state index contributed by atoms with van der Waals surface area (Å²) in [7, 11) is 1.29. The van der Waals surface area contributed by atoms with E-state index in [-0.39, 0.29) is 31.0 Å². The van der Waals surface area contributed by atoms with Crippen molar-refractivity contribution in [2.24, 2.45) is 11.8 Å². The molecule has 0 spiro atoms. The Bertz CT molecular complexity index is 1010. The molecule has 2 bridgehead atoms. The van der Waals surface area contributed by atoms with Crippen molar-refractivity contribution in [2.45, 2.75) is 25.0 Å². The molecular formula is C20H20BrN3O5. The lowest BCUT2D eigenvalue weighted by molar-refractivity contribution is -0.148. The average molecular weight is 462 g/mol. The number of carbonyl (C=O) groups excluding carboxylic acids is 2. The molecule has 2 aromatic rings. The number of pyridine rings is 2. The molecule has 0 aliphatic carbocycles. The van der Waals surface area contributed by atoms with Gasteiger partial charge in [-0.1, -0.05) is 6.07 Å². The SMILES string of the molecule is COC(=O)[C@@H]1[C@@H](CO)[C@@H]2Cn3c(ccc(Br)c3=O)[C@H]1N2C(=O)Cc1ccccn1. The van der Waals surface area contributed by atoms with E-state index < -0.39 is 29.9 Å². The van der Waals surface area contributed by atoms with Crippen molar-refractivity contribution in [3.05, 3.63) is 62.7 Å². The number of aliphatic hydroxyl groups is 1. The molecule has 4 atom stereocenters. The molecule has 1 saturated heterocycles. The number of hydrogen-bond donors (Lipinski definition) is 1. The third-order valence-electron chi connectivity index (χ3n) is 5.82. The van der Waals surface area contributed by atoms with Crippen LogP contribution in [0.4, 0.5) is 0 Å². The standard InChI is InChI=1S/C20H20BrN3O5/c1-29-20(28)17-12(10-25)15-9-23-14(6-5-13(21)19(23)27)18(17)24(15)16(26)8-11-4-2-3-7-22-11/h2-7,12,15,17-18,25H,8-10H2,1H3/t12-,15-,17+,18+/m0/s1. The molecule has 152 valence electrons. The Morgan fingerprint density at radius 2 is 2.10 bits per heavy atom. The molecule has 8 nitrogen and oxygen atoms in total. The highest BCUT2D eigenvalue weighted by molar-refractivity contribution is 9.10. The molecule has 1 N–H and O–H groups in total. The zero-order chi connectivity index (χ0) is 20.7. The first-order valence-electron chi connectivity index (χ1n) is 9.27. The van der Waals surface area contributed by atoms with Crippen LogP contribution in [-0.2, 0) is 27.3 Å². The number of carbonyl (C=O) groups is 2. The summed E-state index contributed by atoms with van der Waals surface area (Å²) < 4.78 is 6.98. The van der Waals surface area contributed by atoms with Gasteiger partial charge in [0.05, 0.1) is 36.0 Å². The maximum absolute atomic E-state index is 13.3. The van der Waals surface area contributed by atoms with Crippen LogP contribution in [0.2, 0.25) is 0 Å². The van der Waals surface area contributed by atoms with Gasteiger partial charge in [-0.05, 0) is 40.2 Å². The topological polar surface area (TPSA) is 102 Å². The minimum Gasteiger partial charge on any atom is -0.469 e. The van der Waals surface area contributed by atoms with Crippen molar-refractivity contribution in [1.82, 2.24) is 14.5 Å². The first-order valence-corrected chi connectivity index (χ1v) is 10.1. The van der Waals surface area contributed by atoms with Crippen molar-refractivity contribution < 1.29 is 19.4 Å². The van der Waals surface area contributed by atoms with Crippen LogP contribution >= 0.6 is 15.9 Å². The molecule has 2 aliphatic rings. The fourth-order valence-corrected chi connectivity index (χ4v) is 4.92. The number of fused-ring (bicyclic) bond motifs is 4. The Morgan fingerprint density at radius 3 is 2.76 bits per heavy atom. The molecule has 2 aliphatic heterocycles. The molecule has 29 heavy (non-hydrogen) atoms. The van der Waals surface area contributed by atoms with E-state index >= 15 is 0 Å². The van der Waals surface area contributed by atoms with Gasteiger partial charge in [0.2, 0.25) is 5.91 Å². The summed E-state index contributed by atoms with van der Waals surface area (Å²) in [6, 6.07) is 7.52. The second kappa shape index (κ2) is 7.72. The van der Waals surface area contributed by atoms with E-state index in [4.69, 9.17) is 4.74 Å². The Balaban J connectivity index is 1.81. The van der Waals surface area contributed by atoms with Gasteiger partial charge in [0.15, 0.2) is 0 Å².